The first-order chi connectivity index (χ1) is 17.7. The topological polar surface area (TPSA) is 102 Å². The van der Waals surface area contributed by atoms with Crippen LogP contribution in [0.15, 0.2) is 18.2 Å². The number of hydrogen-bond acceptors (Lipinski definition) is 10. The average Bonchev–Trinajstić information content (AvgIpc) is 2.77. The lowest BCUT2D eigenvalue weighted by Gasteiger charge is -2.31. The number of methoxy groups -OCH3 is 1. The monoisotopic (exact) mass is 534 g/mol. The van der Waals surface area contributed by atoms with Crippen molar-refractivity contribution in [1.82, 2.24) is 19.7 Å². The van der Waals surface area contributed by atoms with Gasteiger partial charge in [0.25, 0.3) is 0 Å². The van der Waals surface area contributed by atoms with Gasteiger partial charge in [-0.1, -0.05) is 6.07 Å². The van der Waals surface area contributed by atoms with Gasteiger partial charge in [0, 0.05) is 45.7 Å². The summed E-state index contributed by atoms with van der Waals surface area (Å²) in [5, 5.41) is 0. The molecule has 0 aliphatic carbocycles. The lowest BCUT2D eigenvalue weighted by Crippen LogP contribution is -2.44. The summed E-state index contributed by atoms with van der Waals surface area (Å²) in [4.78, 5) is 48.1. The van der Waals surface area contributed by atoms with Crippen molar-refractivity contribution in [1.29, 1.82) is 0 Å². The molecule has 0 spiro atoms. The van der Waals surface area contributed by atoms with Crippen LogP contribution in [0.5, 0.6) is 0 Å². The second-order valence-electron chi connectivity index (χ2n) is 11.7. The fraction of sp³-hybridized carbons (Fsp3) is 0.714. The molecule has 0 atom stereocenters. The van der Waals surface area contributed by atoms with Gasteiger partial charge in [-0.2, -0.15) is 0 Å². The van der Waals surface area contributed by atoms with Crippen molar-refractivity contribution in [2.24, 2.45) is 0 Å². The Bertz CT molecular complexity index is 865. The van der Waals surface area contributed by atoms with E-state index in [1.807, 2.05) is 69.5 Å². The molecule has 0 saturated heterocycles. The van der Waals surface area contributed by atoms with E-state index in [4.69, 9.17) is 19.2 Å². The molecule has 2 rings (SSSR count). The maximum absolute atomic E-state index is 12.6. The third-order valence-electron chi connectivity index (χ3n) is 5.73. The minimum absolute atomic E-state index is 0.157. The van der Waals surface area contributed by atoms with Crippen molar-refractivity contribution in [2.75, 3.05) is 52.9 Å². The van der Waals surface area contributed by atoms with E-state index in [0.29, 0.717) is 58.7 Å². The first kappa shape index (κ1) is 31.7. The van der Waals surface area contributed by atoms with Gasteiger partial charge in [0.2, 0.25) is 0 Å². The predicted molar refractivity (Wildman–Crippen MR) is 144 cm³/mol. The van der Waals surface area contributed by atoms with Gasteiger partial charge in [-0.25, -0.2) is 0 Å². The average molecular weight is 535 g/mol. The van der Waals surface area contributed by atoms with Crippen LogP contribution in [-0.4, -0.2) is 102 Å². The highest BCUT2D eigenvalue weighted by Gasteiger charge is 2.23. The summed E-state index contributed by atoms with van der Waals surface area (Å²) in [6.07, 6.45) is 0.996. The molecule has 0 N–H and O–H groups in total. The summed E-state index contributed by atoms with van der Waals surface area (Å²) in [5.74, 6) is -0.787. The van der Waals surface area contributed by atoms with Crippen molar-refractivity contribution in [3.63, 3.8) is 0 Å². The van der Waals surface area contributed by atoms with Crippen LogP contribution in [0.2, 0.25) is 0 Å². The molecule has 0 radical (unpaired) electrons. The standard InChI is InChI=1S/C28H46N4O6/c1-27(2,3)37-25(34)20-31-16-14-30(13-9-12-24(33)36-7)15-17-32(21-26(35)38-28(4,5)6)19-23-11-8-10-22(18-31)29-23/h8,10-11H,9,12-21H2,1-7H3. The van der Waals surface area contributed by atoms with E-state index in [0.717, 1.165) is 11.4 Å². The van der Waals surface area contributed by atoms with Crippen LogP contribution in [0, 0.1) is 0 Å². The molecule has 1 aromatic heterocycles. The number of carbonyl (C=O) groups is 3. The Kier molecular flexibility index (Phi) is 12.1. The number of pyridine rings is 1. The van der Waals surface area contributed by atoms with Gasteiger partial charge in [0.1, 0.15) is 11.2 Å². The normalized spacial score (nSPS) is 16.7. The fourth-order valence-corrected chi connectivity index (χ4v) is 4.15. The summed E-state index contributed by atoms with van der Waals surface area (Å²) in [6.45, 7) is 15.8. The summed E-state index contributed by atoms with van der Waals surface area (Å²) >= 11 is 0. The molecule has 38 heavy (non-hydrogen) atoms. The zero-order valence-electron chi connectivity index (χ0n) is 24.2. The van der Waals surface area contributed by atoms with Crippen LogP contribution in [0.25, 0.3) is 0 Å². The third-order valence-corrected chi connectivity index (χ3v) is 5.73. The Labute approximate surface area is 227 Å². The zero-order chi connectivity index (χ0) is 28.3. The van der Waals surface area contributed by atoms with Crippen molar-refractivity contribution in [3.05, 3.63) is 29.6 Å². The predicted octanol–water partition coefficient (Wildman–Crippen LogP) is 2.64. The number of carbonyl (C=O) groups excluding carboxylic acids is 3. The molecule has 0 amide bonds. The molecule has 0 fully saturated rings. The SMILES string of the molecule is COC(=O)CCCN1CCN(CC(=O)OC(C)(C)C)Cc2cccc(n2)CN(CC(=O)OC(C)(C)C)CC1. The highest BCUT2D eigenvalue weighted by atomic mass is 16.6. The van der Waals surface area contributed by atoms with Crippen molar-refractivity contribution in [2.45, 2.75) is 78.7 Å². The second-order valence-corrected chi connectivity index (χ2v) is 11.7. The zero-order valence-corrected chi connectivity index (χ0v) is 24.2. The van der Waals surface area contributed by atoms with Gasteiger partial charge in [0.15, 0.2) is 0 Å². The largest absolute Gasteiger partial charge is 0.469 e. The number of esters is 3. The molecule has 10 heteroatoms. The maximum Gasteiger partial charge on any atom is 0.320 e. The molecular formula is C28H46N4O6. The fourth-order valence-electron chi connectivity index (χ4n) is 4.15. The highest BCUT2D eigenvalue weighted by Crippen LogP contribution is 2.13. The second kappa shape index (κ2) is 14.6. The minimum Gasteiger partial charge on any atom is -0.469 e. The number of fused-ring (bicyclic) bond motifs is 2. The van der Waals surface area contributed by atoms with Crippen molar-refractivity contribution in [3.8, 4) is 0 Å². The molecule has 10 nitrogen and oxygen atoms in total. The first-order valence-corrected chi connectivity index (χ1v) is 13.3. The molecular weight excluding hydrogens is 488 g/mol. The van der Waals surface area contributed by atoms with Gasteiger partial charge in [-0.15, -0.1) is 0 Å². The van der Waals surface area contributed by atoms with Crippen LogP contribution in [-0.2, 0) is 41.7 Å². The third kappa shape index (κ3) is 13.3. The molecule has 214 valence electrons. The van der Waals surface area contributed by atoms with Gasteiger partial charge in [0.05, 0.1) is 31.6 Å². The lowest BCUT2D eigenvalue weighted by molar-refractivity contribution is -0.157. The van der Waals surface area contributed by atoms with Crippen LogP contribution >= 0.6 is 0 Å². The summed E-state index contributed by atoms with van der Waals surface area (Å²) < 4.78 is 15.9. The number of aromatic nitrogens is 1. The van der Waals surface area contributed by atoms with E-state index in [9.17, 15) is 14.4 Å². The van der Waals surface area contributed by atoms with Crippen LogP contribution in [0.4, 0.5) is 0 Å². The van der Waals surface area contributed by atoms with Gasteiger partial charge < -0.3 is 19.1 Å². The van der Waals surface area contributed by atoms with Gasteiger partial charge >= 0.3 is 17.9 Å². The Hall–Kier alpha value is -2.56. The minimum atomic E-state index is -0.556. The summed E-state index contributed by atoms with van der Waals surface area (Å²) in [5.41, 5.74) is 0.584. The Morgan fingerprint density at radius 2 is 1.21 bits per heavy atom. The lowest BCUT2D eigenvalue weighted by atomic mass is 10.2. The number of ether oxygens (including phenoxy) is 3. The van der Waals surface area contributed by atoms with E-state index in [1.165, 1.54) is 7.11 Å². The molecule has 0 aromatic carbocycles. The Balaban J connectivity index is 2.22. The van der Waals surface area contributed by atoms with E-state index in [1.54, 1.807) is 0 Å². The highest BCUT2D eigenvalue weighted by molar-refractivity contribution is 5.72. The summed E-state index contributed by atoms with van der Waals surface area (Å²) in [6, 6.07) is 5.85. The smallest absolute Gasteiger partial charge is 0.320 e. The Morgan fingerprint density at radius 1 is 0.763 bits per heavy atom. The molecule has 2 bridgehead atoms. The maximum atomic E-state index is 12.6. The van der Waals surface area contributed by atoms with E-state index in [-0.39, 0.29) is 31.0 Å². The van der Waals surface area contributed by atoms with Crippen LogP contribution in [0.3, 0.4) is 0 Å². The van der Waals surface area contributed by atoms with E-state index >= 15 is 0 Å². The molecule has 1 aromatic rings. The Morgan fingerprint density at radius 3 is 1.63 bits per heavy atom. The van der Waals surface area contributed by atoms with Crippen molar-refractivity contribution >= 4 is 17.9 Å². The van der Waals surface area contributed by atoms with Gasteiger partial charge in [-0.3, -0.25) is 29.2 Å². The molecule has 1 aliphatic rings. The van der Waals surface area contributed by atoms with Gasteiger partial charge in [-0.05, 0) is 66.6 Å². The quantitative estimate of drug-likeness (QED) is 0.365. The van der Waals surface area contributed by atoms with Crippen molar-refractivity contribution < 1.29 is 28.6 Å². The first-order valence-electron chi connectivity index (χ1n) is 13.3. The van der Waals surface area contributed by atoms with E-state index < -0.39 is 11.2 Å². The number of hydrogen-bond donors (Lipinski definition) is 0. The molecule has 2 heterocycles. The number of rotatable bonds is 8. The molecule has 1 aliphatic heterocycles. The number of nitrogens with zero attached hydrogens (tertiary/aromatic N) is 4. The van der Waals surface area contributed by atoms with Crippen LogP contribution in [0.1, 0.15) is 65.8 Å². The van der Waals surface area contributed by atoms with Crippen LogP contribution < -0.4 is 0 Å². The molecule has 0 saturated carbocycles. The van der Waals surface area contributed by atoms with E-state index in [2.05, 4.69) is 4.90 Å². The summed E-state index contributed by atoms with van der Waals surface area (Å²) in [7, 11) is 1.39. The molecule has 0 unspecified atom stereocenters.